The first-order valence-corrected chi connectivity index (χ1v) is 7.63. The van der Waals surface area contributed by atoms with Gasteiger partial charge in [0.05, 0.1) is 6.10 Å². The molecule has 22 heavy (non-hydrogen) atoms. The molecular weight excluding hydrogens is 304 g/mol. The molecule has 1 atom stereocenters. The number of halogens is 1. The summed E-state index contributed by atoms with van der Waals surface area (Å²) >= 11 is 5.70. The molecule has 0 radical (unpaired) electrons. The zero-order chi connectivity index (χ0) is 15.5. The normalized spacial score (nSPS) is 21.9. The Morgan fingerprint density at radius 1 is 1.36 bits per heavy atom. The van der Waals surface area contributed by atoms with Gasteiger partial charge in [-0.2, -0.15) is 0 Å². The van der Waals surface area contributed by atoms with E-state index in [9.17, 15) is 9.90 Å². The lowest BCUT2D eigenvalue weighted by molar-refractivity contribution is 0.0236. The Kier molecular flexibility index (Phi) is 4.45. The number of hydrogen-bond acceptors (Lipinski definition) is 4. The summed E-state index contributed by atoms with van der Waals surface area (Å²) < 4.78 is 5.14. The molecule has 0 saturated heterocycles. The minimum atomic E-state index is -0.285. The minimum absolute atomic E-state index is 0.0535. The van der Waals surface area contributed by atoms with Gasteiger partial charge in [0.1, 0.15) is 0 Å². The molecule has 0 unspecified atom stereocenters. The average Bonchev–Trinajstić information content (AvgIpc) is 2.91. The lowest BCUT2D eigenvalue weighted by Crippen LogP contribution is -2.48. The predicted molar refractivity (Wildman–Crippen MR) is 81.6 cm³/mol. The van der Waals surface area contributed by atoms with Crippen LogP contribution in [0.2, 0.25) is 5.22 Å². The number of nitrogens with zero attached hydrogens (tertiary/aromatic N) is 1. The third-order valence-corrected chi connectivity index (χ3v) is 4.24. The van der Waals surface area contributed by atoms with Crippen molar-refractivity contribution < 1.29 is 14.3 Å². The fraction of sp³-hybridized carbons (Fsp3) is 0.375. The largest absolute Gasteiger partial charge is 0.440 e. The maximum absolute atomic E-state index is 12.2. The van der Waals surface area contributed by atoms with Gasteiger partial charge in [0.25, 0.3) is 5.91 Å². The molecule has 5 nitrogen and oxygen atoms in total. The molecule has 1 saturated carbocycles. The van der Waals surface area contributed by atoms with E-state index in [4.69, 9.17) is 16.0 Å². The molecule has 1 aliphatic rings. The Hall–Kier alpha value is -1.85. The smallest absolute Gasteiger partial charge is 0.287 e. The van der Waals surface area contributed by atoms with E-state index >= 15 is 0 Å². The predicted octanol–water partition coefficient (Wildman–Crippen LogP) is 2.44. The lowest BCUT2D eigenvalue weighted by Gasteiger charge is -2.38. The number of amides is 1. The first kappa shape index (κ1) is 15.1. The molecule has 1 aliphatic carbocycles. The summed E-state index contributed by atoms with van der Waals surface area (Å²) in [7, 11) is 0. The van der Waals surface area contributed by atoms with Gasteiger partial charge in [-0.05, 0) is 66.6 Å². The second kappa shape index (κ2) is 6.50. The molecule has 0 aliphatic heterocycles. The van der Waals surface area contributed by atoms with Crippen LogP contribution in [0.1, 0.15) is 29.0 Å². The molecule has 0 aromatic carbocycles. The third kappa shape index (κ3) is 3.48. The summed E-state index contributed by atoms with van der Waals surface area (Å²) in [4.78, 5) is 16.2. The molecule has 2 aromatic rings. The Labute approximate surface area is 133 Å². The Balaban J connectivity index is 1.69. The van der Waals surface area contributed by atoms with E-state index in [1.807, 2.05) is 12.1 Å². The molecule has 2 aromatic heterocycles. The van der Waals surface area contributed by atoms with Gasteiger partial charge in [-0.15, -0.1) is 0 Å². The summed E-state index contributed by atoms with van der Waals surface area (Å²) in [6.45, 7) is 0. The summed E-state index contributed by atoms with van der Waals surface area (Å²) in [5.74, 6) is 0.175. The van der Waals surface area contributed by atoms with E-state index in [-0.39, 0.29) is 35.0 Å². The van der Waals surface area contributed by atoms with Crippen molar-refractivity contribution in [3.63, 3.8) is 0 Å². The average molecular weight is 321 g/mol. The maximum Gasteiger partial charge on any atom is 0.287 e. The third-order valence-electron chi connectivity index (χ3n) is 4.04. The fourth-order valence-corrected chi connectivity index (χ4v) is 2.89. The molecule has 1 fully saturated rings. The summed E-state index contributed by atoms with van der Waals surface area (Å²) in [6, 6.07) is 6.90. The Morgan fingerprint density at radius 3 is 2.68 bits per heavy atom. The number of hydrogen-bond donors (Lipinski definition) is 2. The zero-order valence-electron chi connectivity index (χ0n) is 11.9. The molecule has 0 bridgehead atoms. The van der Waals surface area contributed by atoms with Gasteiger partial charge in [-0.3, -0.25) is 9.78 Å². The fourth-order valence-electron chi connectivity index (χ4n) is 2.74. The molecule has 6 heteroatoms. The van der Waals surface area contributed by atoms with Crippen LogP contribution in [0.3, 0.4) is 0 Å². The molecule has 116 valence electrons. The topological polar surface area (TPSA) is 75.4 Å². The van der Waals surface area contributed by atoms with Crippen LogP contribution in [-0.2, 0) is 6.42 Å². The zero-order valence-corrected chi connectivity index (χ0v) is 12.7. The van der Waals surface area contributed by atoms with E-state index in [1.54, 1.807) is 24.5 Å². The van der Waals surface area contributed by atoms with Crippen molar-refractivity contribution in [2.24, 2.45) is 5.92 Å². The van der Waals surface area contributed by atoms with E-state index < -0.39 is 0 Å². The van der Waals surface area contributed by atoms with Crippen molar-refractivity contribution in [3.05, 3.63) is 53.2 Å². The Bertz CT molecular complexity index is 638. The van der Waals surface area contributed by atoms with Crippen molar-refractivity contribution in [1.29, 1.82) is 0 Å². The molecular formula is C16H17ClN2O3. The summed E-state index contributed by atoms with van der Waals surface area (Å²) in [5, 5.41) is 12.7. The maximum atomic E-state index is 12.2. The number of pyridine rings is 1. The quantitative estimate of drug-likeness (QED) is 0.887. The highest BCUT2D eigenvalue weighted by atomic mass is 35.5. The lowest BCUT2D eigenvalue weighted by atomic mass is 9.75. The number of aliphatic hydroxyl groups is 1. The second-order valence-electron chi connectivity index (χ2n) is 5.63. The van der Waals surface area contributed by atoms with Crippen LogP contribution in [-0.4, -0.2) is 28.1 Å². The number of aromatic nitrogens is 1. The number of aliphatic hydroxyl groups excluding tert-OH is 1. The molecule has 2 heterocycles. The number of rotatable bonds is 5. The first-order chi connectivity index (χ1) is 10.6. The van der Waals surface area contributed by atoms with Crippen LogP contribution in [0.15, 0.2) is 41.1 Å². The van der Waals surface area contributed by atoms with Crippen molar-refractivity contribution in [3.8, 4) is 0 Å². The van der Waals surface area contributed by atoms with Gasteiger partial charge >= 0.3 is 0 Å². The van der Waals surface area contributed by atoms with Gasteiger partial charge < -0.3 is 14.8 Å². The van der Waals surface area contributed by atoms with Gasteiger partial charge in [-0.1, -0.05) is 0 Å². The second-order valence-corrected chi connectivity index (χ2v) is 6.00. The van der Waals surface area contributed by atoms with Crippen molar-refractivity contribution >= 4 is 17.5 Å². The van der Waals surface area contributed by atoms with Gasteiger partial charge in [0, 0.05) is 18.4 Å². The van der Waals surface area contributed by atoms with E-state index in [0.717, 1.165) is 5.56 Å². The van der Waals surface area contributed by atoms with Gasteiger partial charge in [0.15, 0.2) is 11.0 Å². The van der Waals surface area contributed by atoms with Crippen molar-refractivity contribution in [1.82, 2.24) is 10.3 Å². The SMILES string of the molecule is O=C(N[C@H](Cc1ccncc1)C1CC(O)C1)c1ccc(Cl)o1. The van der Waals surface area contributed by atoms with E-state index in [0.29, 0.717) is 19.3 Å². The standard InChI is InChI=1S/C16H17ClN2O3/c17-15-2-1-14(22-15)16(21)19-13(11-8-12(20)9-11)7-10-3-5-18-6-4-10/h1-6,11-13,20H,7-9H2,(H,19,21)/t11?,12?,13-/m1/s1. The van der Waals surface area contributed by atoms with Crippen LogP contribution >= 0.6 is 11.6 Å². The summed E-state index contributed by atoms with van der Waals surface area (Å²) in [5.41, 5.74) is 1.10. The highest BCUT2D eigenvalue weighted by Crippen LogP contribution is 2.32. The molecule has 0 spiro atoms. The van der Waals surface area contributed by atoms with E-state index in [1.165, 1.54) is 0 Å². The van der Waals surface area contributed by atoms with Crippen LogP contribution in [0.25, 0.3) is 0 Å². The molecule has 2 N–H and O–H groups in total. The van der Waals surface area contributed by atoms with Crippen LogP contribution in [0, 0.1) is 5.92 Å². The number of carbonyl (C=O) groups excluding carboxylic acids is 1. The molecule has 1 amide bonds. The van der Waals surface area contributed by atoms with Gasteiger partial charge in [-0.25, -0.2) is 0 Å². The number of furan rings is 1. The monoisotopic (exact) mass is 320 g/mol. The first-order valence-electron chi connectivity index (χ1n) is 7.25. The van der Waals surface area contributed by atoms with Crippen LogP contribution in [0.4, 0.5) is 0 Å². The Morgan fingerprint density at radius 2 is 2.09 bits per heavy atom. The van der Waals surface area contributed by atoms with E-state index in [2.05, 4.69) is 10.3 Å². The van der Waals surface area contributed by atoms with Crippen LogP contribution in [0.5, 0.6) is 0 Å². The minimum Gasteiger partial charge on any atom is -0.440 e. The molecule has 3 rings (SSSR count). The van der Waals surface area contributed by atoms with Crippen LogP contribution < -0.4 is 5.32 Å². The summed E-state index contributed by atoms with van der Waals surface area (Å²) in [6.07, 6.45) is 5.30. The number of nitrogens with one attached hydrogen (secondary N) is 1. The van der Waals surface area contributed by atoms with Crippen molar-refractivity contribution in [2.75, 3.05) is 0 Å². The highest BCUT2D eigenvalue weighted by molar-refractivity contribution is 6.29. The number of carbonyl (C=O) groups is 1. The van der Waals surface area contributed by atoms with Crippen molar-refractivity contribution in [2.45, 2.75) is 31.4 Å². The van der Waals surface area contributed by atoms with Gasteiger partial charge in [0.2, 0.25) is 0 Å². The highest BCUT2D eigenvalue weighted by Gasteiger charge is 2.35.